The number of anilines is 2. The maximum atomic E-state index is 14.6. The quantitative estimate of drug-likeness (QED) is 0.898. The minimum Gasteiger partial charge on any atom is -0.481 e. The summed E-state index contributed by atoms with van der Waals surface area (Å²) in [6.45, 7) is 1.42. The molecule has 1 atom stereocenters. The number of ether oxygens (including phenoxy) is 1. The summed E-state index contributed by atoms with van der Waals surface area (Å²) in [7, 11) is 1.57. The number of hydrogen-bond donors (Lipinski definition) is 1. The van der Waals surface area contributed by atoms with Crippen LogP contribution < -0.4 is 15.0 Å². The average molecular weight is 330 g/mol. The zero-order valence-electron chi connectivity index (χ0n) is 13.4. The van der Waals surface area contributed by atoms with Gasteiger partial charge in [0.25, 0.3) is 0 Å². The van der Waals surface area contributed by atoms with E-state index < -0.39 is 0 Å². The Kier molecular flexibility index (Phi) is 3.87. The number of nitrogens with one attached hydrogen (secondary N) is 1. The third-order valence-electron chi connectivity index (χ3n) is 4.45. The molecule has 126 valence electrons. The predicted molar refractivity (Wildman–Crippen MR) is 86.8 cm³/mol. The number of halogens is 1. The maximum absolute atomic E-state index is 14.6. The fraction of sp³-hybridized carbons (Fsp3) is 0.500. The highest BCUT2D eigenvalue weighted by molar-refractivity contribution is 5.46. The first kappa shape index (κ1) is 15.0. The Labute approximate surface area is 139 Å². The molecule has 1 saturated carbocycles. The molecule has 1 unspecified atom stereocenters. The van der Waals surface area contributed by atoms with Gasteiger partial charge in [0.05, 0.1) is 12.8 Å². The van der Waals surface area contributed by atoms with E-state index in [1.54, 1.807) is 13.2 Å². The van der Waals surface area contributed by atoms with Crippen LogP contribution in [-0.2, 0) is 0 Å². The van der Waals surface area contributed by atoms with E-state index in [-0.39, 0.29) is 17.8 Å². The molecule has 1 aliphatic heterocycles. The fourth-order valence-electron chi connectivity index (χ4n) is 3.05. The minimum atomic E-state index is -0.260. The van der Waals surface area contributed by atoms with Gasteiger partial charge in [0.2, 0.25) is 5.88 Å². The lowest BCUT2D eigenvalue weighted by molar-refractivity contribution is 0.397. The lowest BCUT2D eigenvalue weighted by Gasteiger charge is -2.19. The van der Waals surface area contributed by atoms with Crippen LogP contribution in [0.5, 0.6) is 5.88 Å². The number of rotatable bonds is 5. The first-order valence-electron chi connectivity index (χ1n) is 8.12. The van der Waals surface area contributed by atoms with Crippen molar-refractivity contribution in [1.29, 1.82) is 0 Å². The molecule has 0 aromatic carbocycles. The van der Waals surface area contributed by atoms with E-state index in [0.29, 0.717) is 29.8 Å². The average Bonchev–Trinajstić information content (AvgIpc) is 3.35. The van der Waals surface area contributed by atoms with E-state index in [1.165, 1.54) is 12.7 Å². The largest absolute Gasteiger partial charge is 0.481 e. The lowest BCUT2D eigenvalue weighted by Crippen LogP contribution is -2.28. The smallest absolute Gasteiger partial charge is 0.218 e. The highest BCUT2D eigenvalue weighted by Crippen LogP contribution is 2.41. The molecule has 1 aliphatic carbocycles. The predicted octanol–water partition coefficient (Wildman–Crippen LogP) is 1.98. The summed E-state index contributed by atoms with van der Waals surface area (Å²) in [6, 6.07) is 1.92. The summed E-state index contributed by atoms with van der Waals surface area (Å²) < 4.78 is 19.7. The van der Waals surface area contributed by atoms with Crippen molar-refractivity contribution in [3.05, 3.63) is 30.2 Å². The maximum Gasteiger partial charge on any atom is 0.218 e. The molecule has 0 spiro atoms. The van der Waals surface area contributed by atoms with Crippen LogP contribution in [0.4, 0.5) is 16.0 Å². The molecule has 0 amide bonds. The molecule has 2 aromatic heterocycles. The standard InChI is InChI=1S/C16H19FN6O/c1-24-13-6-12(18-8-19-13)22-11-4-5-23(7-11)16-14(17)15(10-2-3-10)20-9-21-16/h6,8-11H,2-5,7H2,1H3,(H,18,19,22). The molecule has 2 aliphatic rings. The molecule has 1 saturated heterocycles. The Morgan fingerprint density at radius 1 is 1.17 bits per heavy atom. The third-order valence-corrected chi connectivity index (χ3v) is 4.45. The van der Waals surface area contributed by atoms with E-state index in [1.807, 2.05) is 4.90 Å². The normalized spacial score (nSPS) is 20.2. The second-order valence-corrected chi connectivity index (χ2v) is 6.19. The summed E-state index contributed by atoms with van der Waals surface area (Å²) in [5.41, 5.74) is 0.567. The van der Waals surface area contributed by atoms with Crippen molar-refractivity contribution in [1.82, 2.24) is 19.9 Å². The van der Waals surface area contributed by atoms with Crippen molar-refractivity contribution in [3.8, 4) is 5.88 Å². The first-order chi connectivity index (χ1) is 11.7. The minimum absolute atomic E-state index is 0.170. The second-order valence-electron chi connectivity index (χ2n) is 6.19. The fourth-order valence-corrected chi connectivity index (χ4v) is 3.05. The molecular weight excluding hydrogens is 311 g/mol. The highest BCUT2D eigenvalue weighted by Gasteiger charge is 2.32. The number of nitrogens with zero attached hydrogens (tertiary/aromatic N) is 5. The van der Waals surface area contributed by atoms with Crippen LogP contribution in [0.2, 0.25) is 0 Å². The number of hydrogen-bond acceptors (Lipinski definition) is 7. The van der Waals surface area contributed by atoms with Gasteiger partial charge in [-0.25, -0.2) is 24.3 Å². The van der Waals surface area contributed by atoms with Gasteiger partial charge in [0.1, 0.15) is 18.5 Å². The number of methoxy groups -OCH3 is 1. The summed E-state index contributed by atoms with van der Waals surface area (Å²) in [5, 5.41) is 3.35. The molecule has 3 heterocycles. The number of aromatic nitrogens is 4. The summed E-state index contributed by atoms with van der Waals surface area (Å²) in [6.07, 6.45) is 5.86. The molecule has 2 fully saturated rings. The van der Waals surface area contributed by atoms with Crippen LogP contribution >= 0.6 is 0 Å². The van der Waals surface area contributed by atoms with Gasteiger partial charge in [-0.3, -0.25) is 0 Å². The summed E-state index contributed by atoms with van der Waals surface area (Å²) in [4.78, 5) is 18.4. The molecule has 8 heteroatoms. The Morgan fingerprint density at radius 3 is 2.79 bits per heavy atom. The molecule has 7 nitrogen and oxygen atoms in total. The molecular formula is C16H19FN6O. The van der Waals surface area contributed by atoms with Crippen molar-refractivity contribution in [2.75, 3.05) is 30.4 Å². The van der Waals surface area contributed by atoms with Gasteiger partial charge >= 0.3 is 0 Å². The van der Waals surface area contributed by atoms with Gasteiger partial charge in [-0.05, 0) is 19.3 Å². The van der Waals surface area contributed by atoms with Crippen LogP contribution in [0.25, 0.3) is 0 Å². The van der Waals surface area contributed by atoms with E-state index in [9.17, 15) is 4.39 Å². The zero-order valence-corrected chi connectivity index (χ0v) is 13.4. The van der Waals surface area contributed by atoms with Crippen molar-refractivity contribution in [3.63, 3.8) is 0 Å². The van der Waals surface area contributed by atoms with Gasteiger partial charge in [0.15, 0.2) is 11.6 Å². The monoisotopic (exact) mass is 330 g/mol. The van der Waals surface area contributed by atoms with Crippen molar-refractivity contribution in [2.24, 2.45) is 0 Å². The highest BCUT2D eigenvalue weighted by atomic mass is 19.1. The Bertz CT molecular complexity index is 738. The molecule has 2 aromatic rings. The topological polar surface area (TPSA) is 76.1 Å². The third kappa shape index (κ3) is 2.95. The second kappa shape index (κ2) is 6.18. The Morgan fingerprint density at radius 2 is 2.00 bits per heavy atom. The summed E-state index contributed by atoms with van der Waals surface area (Å²) in [5.74, 6) is 1.64. The van der Waals surface area contributed by atoms with Gasteiger partial charge in [-0.2, -0.15) is 0 Å². The first-order valence-corrected chi connectivity index (χ1v) is 8.12. The SMILES string of the molecule is COc1cc(NC2CCN(c3ncnc(C4CC4)c3F)C2)ncn1. The molecule has 4 rings (SSSR count). The molecule has 24 heavy (non-hydrogen) atoms. The Balaban J connectivity index is 1.45. The van der Waals surface area contributed by atoms with Gasteiger partial charge in [-0.1, -0.05) is 0 Å². The van der Waals surface area contributed by atoms with E-state index in [0.717, 1.165) is 25.8 Å². The van der Waals surface area contributed by atoms with Crippen molar-refractivity contribution >= 4 is 11.6 Å². The van der Waals surface area contributed by atoms with Gasteiger partial charge < -0.3 is 15.0 Å². The lowest BCUT2D eigenvalue weighted by atomic mass is 10.2. The van der Waals surface area contributed by atoms with Crippen molar-refractivity contribution < 1.29 is 9.13 Å². The van der Waals surface area contributed by atoms with Gasteiger partial charge in [0, 0.05) is 31.1 Å². The summed E-state index contributed by atoms with van der Waals surface area (Å²) >= 11 is 0. The van der Waals surface area contributed by atoms with E-state index in [4.69, 9.17) is 4.74 Å². The van der Waals surface area contributed by atoms with Crippen LogP contribution in [0.1, 0.15) is 30.9 Å². The van der Waals surface area contributed by atoms with Crippen LogP contribution in [0, 0.1) is 5.82 Å². The zero-order chi connectivity index (χ0) is 16.5. The molecule has 1 N–H and O–H groups in total. The van der Waals surface area contributed by atoms with Crippen molar-refractivity contribution in [2.45, 2.75) is 31.2 Å². The van der Waals surface area contributed by atoms with Gasteiger partial charge in [-0.15, -0.1) is 0 Å². The van der Waals surface area contributed by atoms with Crippen LogP contribution in [0.15, 0.2) is 18.7 Å². The molecule has 0 bridgehead atoms. The van der Waals surface area contributed by atoms with E-state index >= 15 is 0 Å². The Hall–Kier alpha value is -2.51. The van der Waals surface area contributed by atoms with Crippen LogP contribution in [0.3, 0.4) is 0 Å². The van der Waals surface area contributed by atoms with Crippen LogP contribution in [-0.4, -0.2) is 46.2 Å². The van der Waals surface area contributed by atoms with E-state index in [2.05, 4.69) is 25.3 Å². The molecule has 0 radical (unpaired) electrons.